The first-order valence-corrected chi connectivity index (χ1v) is 10.1. The number of rotatable bonds is 6. The van der Waals surface area contributed by atoms with E-state index in [2.05, 4.69) is 25.9 Å². The summed E-state index contributed by atoms with van der Waals surface area (Å²) in [6, 6.07) is 0. The van der Waals surface area contributed by atoms with Gasteiger partial charge in [-0.15, -0.1) is 11.3 Å². The van der Waals surface area contributed by atoms with Gasteiger partial charge in [0.1, 0.15) is 0 Å². The van der Waals surface area contributed by atoms with Gasteiger partial charge in [-0.2, -0.15) is 0 Å². The van der Waals surface area contributed by atoms with Crippen molar-refractivity contribution in [1.82, 2.24) is 20.5 Å². The summed E-state index contributed by atoms with van der Waals surface area (Å²) in [5, 5.41) is 9.55. The quantitative estimate of drug-likeness (QED) is 0.581. The molecule has 26 heavy (non-hydrogen) atoms. The highest BCUT2D eigenvalue weighted by Gasteiger charge is 2.17. The molecule has 0 spiro atoms. The molecule has 1 fully saturated rings. The molecular weight excluding hydrogens is 348 g/mol. The summed E-state index contributed by atoms with van der Waals surface area (Å²) >= 11 is 1.72. The van der Waals surface area contributed by atoms with Crippen LogP contribution in [0.2, 0.25) is 0 Å². The van der Waals surface area contributed by atoms with Gasteiger partial charge in [-0.25, -0.2) is 4.98 Å². The van der Waals surface area contributed by atoms with E-state index in [-0.39, 0.29) is 18.0 Å². The maximum atomic E-state index is 12.1. The highest BCUT2D eigenvalue weighted by atomic mass is 32.1. The molecule has 2 N–H and O–H groups in total. The highest BCUT2D eigenvalue weighted by molar-refractivity contribution is 7.13. The number of amides is 1. The second-order valence-electron chi connectivity index (χ2n) is 7.69. The first-order chi connectivity index (χ1) is 12.3. The smallest absolute Gasteiger partial charge is 0.240 e. The largest absolute Gasteiger partial charge is 0.356 e. The van der Waals surface area contributed by atoms with Gasteiger partial charge in [0, 0.05) is 51.1 Å². The molecule has 0 unspecified atom stereocenters. The van der Waals surface area contributed by atoms with Crippen LogP contribution in [-0.2, 0) is 11.2 Å². The number of aromatic nitrogens is 1. The summed E-state index contributed by atoms with van der Waals surface area (Å²) in [5.74, 6) is 0.696. The number of carbonyl (C=O) groups is 1. The molecular formula is C18H32N6OS. The average molecular weight is 381 g/mol. The van der Waals surface area contributed by atoms with E-state index in [0.717, 1.165) is 36.9 Å². The molecule has 0 aliphatic carbocycles. The van der Waals surface area contributed by atoms with Crippen molar-refractivity contribution in [2.24, 2.45) is 4.99 Å². The summed E-state index contributed by atoms with van der Waals surface area (Å²) in [4.78, 5) is 25.3. The zero-order valence-corrected chi connectivity index (χ0v) is 17.4. The second-order valence-corrected chi connectivity index (χ2v) is 8.53. The number of nitrogens with zero attached hydrogens (tertiary/aromatic N) is 4. The molecule has 7 nitrogen and oxygen atoms in total. The minimum absolute atomic E-state index is 0.0160. The fraction of sp³-hybridized carbons (Fsp3) is 0.722. The predicted molar refractivity (Wildman–Crippen MR) is 109 cm³/mol. The molecule has 146 valence electrons. The van der Waals surface area contributed by atoms with Crippen LogP contribution >= 0.6 is 11.3 Å². The number of anilines is 1. The Hall–Kier alpha value is -1.83. The first kappa shape index (κ1) is 20.5. The zero-order valence-electron chi connectivity index (χ0n) is 16.6. The van der Waals surface area contributed by atoms with Crippen molar-refractivity contribution >= 4 is 28.3 Å². The molecule has 2 heterocycles. The van der Waals surface area contributed by atoms with Crippen LogP contribution in [0.3, 0.4) is 0 Å². The number of thiazole rings is 1. The summed E-state index contributed by atoms with van der Waals surface area (Å²) < 4.78 is 0. The highest BCUT2D eigenvalue weighted by Crippen LogP contribution is 2.24. The zero-order chi connectivity index (χ0) is 19.2. The third-order valence-electron chi connectivity index (χ3n) is 4.05. The molecule has 8 heteroatoms. The topological polar surface area (TPSA) is 72.9 Å². The van der Waals surface area contributed by atoms with Crippen molar-refractivity contribution in [1.29, 1.82) is 0 Å². The van der Waals surface area contributed by atoms with Crippen LogP contribution in [0.5, 0.6) is 0 Å². The Labute approximate surface area is 160 Å². The molecule has 0 atom stereocenters. The van der Waals surface area contributed by atoms with Crippen LogP contribution in [0, 0.1) is 0 Å². The Morgan fingerprint density at radius 1 is 1.38 bits per heavy atom. The second kappa shape index (κ2) is 9.21. The Bertz CT molecular complexity index is 615. The summed E-state index contributed by atoms with van der Waals surface area (Å²) in [7, 11) is 3.60. The Morgan fingerprint density at radius 2 is 2.08 bits per heavy atom. The van der Waals surface area contributed by atoms with Crippen molar-refractivity contribution in [2.45, 2.75) is 45.6 Å². The number of aliphatic imine (C=N–C) groups is 1. The van der Waals surface area contributed by atoms with Gasteiger partial charge in [-0.3, -0.25) is 9.79 Å². The molecule has 0 radical (unpaired) electrons. The monoisotopic (exact) mass is 380 g/mol. The molecule has 1 aliphatic rings. The number of likely N-dealkylation sites (N-methyl/N-ethyl adjacent to an activating group) is 1. The van der Waals surface area contributed by atoms with Crippen molar-refractivity contribution in [3.8, 4) is 0 Å². The van der Waals surface area contributed by atoms with Crippen molar-refractivity contribution in [3.05, 3.63) is 11.1 Å². The normalized spacial score (nSPS) is 15.3. The van der Waals surface area contributed by atoms with E-state index in [9.17, 15) is 4.79 Å². The van der Waals surface area contributed by atoms with Crippen LogP contribution in [0.4, 0.5) is 5.13 Å². The molecule has 2 rings (SSSR count). The Balaban J connectivity index is 1.77. The van der Waals surface area contributed by atoms with Crippen molar-refractivity contribution in [2.75, 3.05) is 45.2 Å². The summed E-state index contributed by atoms with van der Waals surface area (Å²) in [5.41, 5.74) is 0.875. The lowest BCUT2D eigenvalue weighted by Gasteiger charge is -2.25. The standard InChI is InChI=1S/C18H32N6OS/c1-18(2,3)22-15(25)12-23(5)16(19-4)20-9-8-14-13-26-17(21-14)24-10-6-7-11-24/h13H,6-12H2,1-5H3,(H,19,20)(H,22,25). The molecule has 0 aromatic carbocycles. The van der Waals surface area contributed by atoms with E-state index < -0.39 is 0 Å². The van der Waals surface area contributed by atoms with E-state index in [1.807, 2.05) is 32.7 Å². The van der Waals surface area contributed by atoms with E-state index in [1.165, 1.54) is 12.8 Å². The molecule has 1 amide bonds. The number of nitrogens with one attached hydrogen (secondary N) is 2. The van der Waals surface area contributed by atoms with Crippen LogP contribution in [0.15, 0.2) is 10.4 Å². The fourth-order valence-corrected chi connectivity index (χ4v) is 3.81. The molecule has 1 aliphatic heterocycles. The van der Waals surface area contributed by atoms with Crippen molar-refractivity contribution in [3.63, 3.8) is 0 Å². The molecule has 1 aromatic rings. The molecule has 0 bridgehead atoms. The first-order valence-electron chi connectivity index (χ1n) is 9.20. The van der Waals surface area contributed by atoms with Gasteiger partial charge in [0.25, 0.3) is 0 Å². The summed E-state index contributed by atoms with van der Waals surface area (Å²) in [6.45, 7) is 9.18. The Kier molecular flexibility index (Phi) is 7.25. The van der Waals surface area contributed by atoms with Crippen LogP contribution in [-0.4, -0.2) is 67.6 Å². The lowest BCUT2D eigenvalue weighted by Crippen LogP contribution is -2.49. The van der Waals surface area contributed by atoms with E-state index >= 15 is 0 Å². The number of carbonyl (C=O) groups excluding carboxylic acids is 1. The SMILES string of the molecule is CN=C(NCCc1csc(N2CCCC2)n1)N(C)CC(=O)NC(C)(C)C. The van der Waals surface area contributed by atoms with Gasteiger partial charge >= 0.3 is 0 Å². The number of hydrogen-bond acceptors (Lipinski definition) is 5. The van der Waals surface area contributed by atoms with Gasteiger partial charge in [-0.1, -0.05) is 0 Å². The van der Waals surface area contributed by atoms with Crippen molar-refractivity contribution < 1.29 is 4.79 Å². The minimum atomic E-state index is -0.230. The minimum Gasteiger partial charge on any atom is -0.356 e. The third kappa shape index (κ3) is 6.48. The van der Waals surface area contributed by atoms with Crippen LogP contribution in [0.25, 0.3) is 0 Å². The van der Waals surface area contributed by atoms with E-state index in [4.69, 9.17) is 4.98 Å². The lowest BCUT2D eigenvalue weighted by atomic mass is 10.1. The Morgan fingerprint density at radius 3 is 2.69 bits per heavy atom. The predicted octanol–water partition coefficient (Wildman–Crippen LogP) is 1.71. The maximum absolute atomic E-state index is 12.1. The van der Waals surface area contributed by atoms with E-state index in [1.54, 1.807) is 18.4 Å². The maximum Gasteiger partial charge on any atom is 0.240 e. The summed E-state index contributed by atoms with van der Waals surface area (Å²) in [6.07, 6.45) is 3.37. The van der Waals surface area contributed by atoms with Gasteiger partial charge in [0.2, 0.25) is 5.91 Å². The fourth-order valence-electron chi connectivity index (χ4n) is 2.90. The van der Waals surface area contributed by atoms with Gasteiger partial charge in [0.05, 0.1) is 12.2 Å². The van der Waals surface area contributed by atoms with E-state index in [0.29, 0.717) is 5.96 Å². The van der Waals surface area contributed by atoms with Gasteiger partial charge < -0.3 is 20.4 Å². The van der Waals surface area contributed by atoms with Crippen LogP contribution < -0.4 is 15.5 Å². The van der Waals surface area contributed by atoms with Crippen LogP contribution in [0.1, 0.15) is 39.3 Å². The van der Waals surface area contributed by atoms with Gasteiger partial charge in [-0.05, 0) is 33.6 Å². The average Bonchev–Trinajstić information content (AvgIpc) is 3.20. The molecule has 0 saturated carbocycles. The number of guanidine groups is 1. The lowest BCUT2D eigenvalue weighted by molar-refractivity contribution is -0.122. The molecule has 1 saturated heterocycles. The third-order valence-corrected chi connectivity index (χ3v) is 5.00. The van der Waals surface area contributed by atoms with Gasteiger partial charge in [0.15, 0.2) is 11.1 Å². The number of hydrogen-bond donors (Lipinski definition) is 2. The molecule has 1 aromatic heterocycles.